The number of amides is 2. The average Bonchev–Trinajstić information content (AvgIpc) is 2.98. The molecule has 0 saturated carbocycles. The van der Waals surface area contributed by atoms with E-state index in [9.17, 15) is 41.4 Å². The van der Waals surface area contributed by atoms with Crippen molar-refractivity contribution < 1.29 is 41.4 Å². The van der Waals surface area contributed by atoms with Gasteiger partial charge in [0, 0.05) is 45.0 Å². The number of rotatable bonds is 7. The summed E-state index contributed by atoms with van der Waals surface area (Å²) in [7, 11) is 0. The van der Waals surface area contributed by atoms with E-state index in [1.54, 1.807) is 0 Å². The molecule has 0 radical (unpaired) electrons. The molecule has 0 saturated heterocycles. The van der Waals surface area contributed by atoms with Crippen molar-refractivity contribution in [2.24, 2.45) is 0 Å². The fraction of sp³-hybridized carbons (Fsp3) is 0.192. The molecule has 198 valence electrons. The number of carboxylic acids is 1. The molecule has 1 heterocycles. The molecule has 0 fully saturated rings. The van der Waals surface area contributed by atoms with Gasteiger partial charge in [-0.05, 0) is 59.3 Å². The molecule has 0 spiro atoms. The third kappa shape index (κ3) is 5.22. The number of nitrogens with zero attached hydrogens (tertiary/aromatic N) is 1. The highest BCUT2D eigenvalue weighted by atomic mass is 127. The molecule has 3 aromatic carbocycles. The zero-order valence-corrected chi connectivity index (χ0v) is 21.7. The summed E-state index contributed by atoms with van der Waals surface area (Å²) in [4.78, 5) is 39.2. The number of aliphatic carboxylic acids is 1. The van der Waals surface area contributed by atoms with Gasteiger partial charge in [-0.15, -0.1) is 0 Å². The molecule has 1 atom stereocenters. The van der Waals surface area contributed by atoms with E-state index in [1.807, 2.05) is 22.6 Å². The summed E-state index contributed by atoms with van der Waals surface area (Å²) in [5, 5.41) is 11.8. The number of carbonyl (C=O) groups is 3. The predicted molar refractivity (Wildman–Crippen MR) is 134 cm³/mol. The van der Waals surface area contributed by atoms with Gasteiger partial charge < -0.3 is 15.3 Å². The molecule has 1 unspecified atom stereocenters. The lowest BCUT2D eigenvalue weighted by molar-refractivity contribution is -0.141. The van der Waals surface area contributed by atoms with Gasteiger partial charge in [-0.25, -0.2) is 22.0 Å². The first-order valence-electron chi connectivity index (χ1n) is 11.0. The summed E-state index contributed by atoms with van der Waals surface area (Å²) in [6, 6.07) is 6.34. The van der Waals surface area contributed by atoms with Crippen LogP contribution in [0.2, 0.25) is 0 Å². The zero-order chi connectivity index (χ0) is 27.9. The first-order valence-corrected chi connectivity index (χ1v) is 12.1. The highest BCUT2D eigenvalue weighted by molar-refractivity contribution is 14.1. The topological polar surface area (TPSA) is 86.7 Å². The summed E-state index contributed by atoms with van der Waals surface area (Å²) in [5.41, 5.74) is -1.57. The molecule has 0 bridgehead atoms. The van der Waals surface area contributed by atoms with E-state index in [0.29, 0.717) is 27.3 Å². The molecule has 2 N–H and O–H groups in total. The van der Waals surface area contributed by atoms with Gasteiger partial charge in [0.25, 0.3) is 5.91 Å². The van der Waals surface area contributed by atoms with Crippen LogP contribution in [0.3, 0.4) is 0 Å². The number of nitrogens with one attached hydrogen (secondary N) is 1. The Morgan fingerprint density at radius 2 is 1.53 bits per heavy atom. The second-order valence-electron chi connectivity index (χ2n) is 8.95. The highest BCUT2D eigenvalue weighted by Crippen LogP contribution is 2.47. The third-order valence-electron chi connectivity index (χ3n) is 6.19. The minimum atomic E-state index is -1.54. The lowest BCUT2D eigenvalue weighted by Gasteiger charge is -2.23. The fourth-order valence-electron chi connectivity index (χ4n) is 4.52. The van der Waals surface area contributed by atoms with Gasteiger partial charge in [-0.2, -0.15) is 0 Å². The molecule has 38 heavy (non-hydrogen) atoms. The van der Waals surface area contributed by atoms with Crippen molar-refractivity contribution in [2.75, 3.05) is 4.90 Å². The van der Waals surface area contributed by atoms with Crippen LogP contribution < -0.4 is 10.2 Å². The molecule has 0 aromatic heterocycles. The van der Waals surface area contributed by atoms with E-state index in [4.69, 9.17) is 0 Å². The number of halogens is 6. The first kappa shape index (κ1) is 27.5. The lowest BCUT2D eigenvalue weighted by Crippen LogP contribution is -2.39. The van der Waals surface area contributed by atoms with Crippen LogP contribution in [0, 0.1) is 32.7 Å². The largest absolute Gasteiger partial charge is 0.481 e. The van der Waals surface area contributed by atoms with Crippen LogP contribution in [0.5, 0.6) is 0 Å². The van der Waals surface area contributed by atoms with E-state index in [0.717, 1.165) is 17.0 Å². The van der Waals surface area contributed by atoms with E-state index >= 15 is 0 Å². The fourth-order valence-corrected chi connectivity index (χ4v) is 5.72. The van der Waals surface area contributed by atoms with Crippen molar-refractivity contribution in [3.63, 3.8) is 0 Å². The minimum Gasteiger partial charge on any atom is -0.481 e. The van der Waals surface area contributed by atoms with Gasteiger partial charge in [0.2, 0.25) is 5.91 Å². The molecule has 4 rings (SSSR count). The van der Waals surface area contributed by atoms with Crippen LogP contribution >= 0.6 is 22.6 Å². The Morgan fingerprint density at radius 1 is 0.947 bits per heavy atom. The van der Waals surface area contributed by atoms with Gasteiger partial charge in [-0.1, -0.05) is 0 Å². The Balaban J connectivity index is 1.72. The quantitative estimate of drug-likeness (QED) is 0.274. The van der Waals surface area contributed by atoms with Crippen LogP contribution in [0.25, 0.3) is 0 Å². The summed E-state index contributed by atoms with van der Waals surface area (Å²) in [5.74, 6) is -7.92. The SMILES string of the molecule is CC1(CC(=O)O)C(=O)N(Cc2cc(F)cc(F)c2)c2cc(C(=O)NCc3c(F)cc(F)cc3F)cc(I)c21. The van der Waals surface area contributed by atoms with Gasteiger partial charge in [0.15, 0.2) is 0 Å². The maximum Gasteiger partial charge on any atom is 0.304 e. The molecule has 2 amide bonds. The number of carbonyl (C=O) groups excluding carboxylic acids is 2. The highest BCUT2D eigenvalue weighted by Gasteiger charge is 2.50. The second kappa shape index (κ2) is 10.3. The Labute approximate surface area is 226 Å². The molecule has 12 heteroatoms. The van der Waals surface area contributed by atoms with Gasteiger partial charge in [0.1, 0.15) is 29.1 Å². The number of hydrogen-bond acceptors (Lipinski definition) is 3. The first-order chi connectivity index (χ1) is 17.8. The Morgan fingerprint density at radius 3 is 2.11 bits per heavy atom. The summed E-state index contributed by atoms with van der Waals surface area (Å²) < 4.78 is 69.1. The molecule has 0 aliphatic carbocycles. The maximum absolute atomic E-state index is 14.0. The minimum absolute atomic E-state index is 0.0288. The predicted octanol–water partition coefficient (Wildman–Crippen LogP) is 5.20. The van der Waals surface area contributed by atoms with Gasteiger partial charge in [0.05, 0.1) is 24.1 Å². The van der Waals surface area contributed by atoms with Crippen molar-refractivity contribution in [1.82, 2.24) is 5.32 Å². The average molecular weight is 644 g/mol. The Bertz CT molecular complexity index is 1460. The number of anilines is 1. The third-order valence-corrected chi connectivity index (χ3v) is 7.04. The molecule has 1 aliphatic heterocycles. The Kier molecular flexibility index (Phi) is 7.46. The molecule has 6 nitrogen and oxygen atoms in total. The van der Waals surface area contributed by atoms with Crippen LogP contribution in [-0.4, -0.2) is 22.9 Å². The van der Waals surface area contributed by atoms with Gasteiger partial charge in [-0.3, -0.25) is 14.4 Å². The van der Waals surface area contributed by atoms with Crippen LogP contribution in [-0.2, 0) is 28.1 Å². The van der Waals surface area contributed by atoms with Crippen molar-refractivity contribution in [3.05, 3.63) is 97.4 Å². The molecule has 3 aromatic rings. The van der Waals surface area contributed by atoms with E-state index in [-0.39, 0.29) is 23.4 Å². The summed E-state index contributed by atoms with van der Waals surface area (Å²) in [6.45, 7) is 0.506. The van der Waals surface area contributed by atoms with E-state index in [2.05, 4.69) is 5.32 Å². The van der Waals surface area contributed by atoms with E-state index < -0.39 is 70.8 Å². The smallest absolute Gasteiger partial charge is 0.304 e. The Hall–Kier alpha value is -3.55. The standard InChI is InChI=1S/C26H18F5IN2O4/c1-26(9-22(35)36)23-20(32)4-13(24(37)33-10-17-18(30)7-16(29)8-19(17)31)5-21(23)34(25(26)38)11-12-2-14(27)6-15(28)3-12/h2-8H,9-11H2,1H3,(H,33,37)(H,35,36). The molecular weight excluding hydrogens is 626 g/mol. The number of carboxylic acid groups (broad SMARTS) is 1. The number of benzene rings is 3. The molecule has 1 aliphatic rings. The van der Waals surface area contributed by atoms with Crippen LogP contribution in [0.1, 0.15) is 40.4 Å². The normalized spacial score (nSPS) is 16.5. The van der Waals surface area contributed by atoms with Crippen molar-refractivity contribution in [3.8, 4) is 0 Å². The molecular formula is C26H18F5IN2O4. The zero-order valence-electron chi connectivity index (χ0n) is 19.5. The lowest BCUT2D eigenvalue weighted by atomic mass is 9.80. The van der Waals surface area contributed by atoms with Crippen LogP contribution in [0.4, 0.5) is 27.6 Å². The number of fused-ring (bicyclic) bond motifs is 1. The van der Waals surface area contributed by atoms with Crippen molar-refractivity contribution >= 4 is 46.1 Å². The maximum atomic E-state index is 14.0. The van der Waals surface area contributed by atoms with Crippen molar-refractivity contribution in [1.29, 1.82) is 0 Å². The summed E-state index contributed by atoms with van der Waals surface area (Å²) in [6.07, 6.45) is -0.586. The van der Waals surface area contributed by atoms with E-state index in [1.165, 1.54) is 19.1 Å². The number of hydrogen-bond donors (Lipinski definition) is 2. The second-order valence-corrected chi connectivity index (χ2v) is 10.1. The summed E-state index contributed by atoms with van der Waals surface area (Å²) >= 11 is 1.84. The monoisotopic (exact) mass is 644 g/mol. The van der Waals surface area contributed by atoms with Crippen molar-refractivity contribution in [2.45, 2.75) is 31.8 Å². The van der Waals surface area contributed by atoms with Crippen LogP contribution in [0.15, 0.2) is 42.5 Å². The van der Waals surface area contributed by atoms with Gasteiger partial charge >= 0.3 is 5.97 Å².